The smallest absolute Gasteiger partial charge is 0.326 e. The van der Waals surface area contributed by atoms with Crippen molar-refractivity contribution in [3.63, 3.8) is 0 Å². The van der Waals surface area contributed by atoms with Crippen molar-refractivity contribution in [2.75, 3.05) is 6.54 Å². The highest BCUT2D eigenvalue weighted by Crippen LogP contribution is 2.11. The van der Waals surface area contributed by atoms with Gasteiger partial charge in [-0.05, 0) is 12.3 Å². The van der Waals surface area contributed by atoms with Crippen LogP contribution in [0.2, 0.25) is 0 Å². The Balaban J connectivity index is 2.99. The minimum absolute atomic E-state index is 0.0583. The van der Waals surface area contributed by atoms with Crippen LogP contribution in [-0.4, -0.2) is 74.5 Å². The molecule has 0 bridgehead atoms. The second-order valence-electron chi connectivity index (χ2n) is 7.31. The fourth-order valence-corrected chi connectivity index (χ4v) is 2.82. The Hall–Kier alpha value is -3.48. The van der Waals surface area contributed by atoms with Gasteiger partial charge in [-0.2, -0.15) is 0 Å². The minimum atomic E-state index is -1.43. The van der Waals surface area contributed by atoms with Crippen molar-refractivity contribution >= 4 is 29.7 Å². The molecule has 1 rings (SSSR count). The molecule has 3 amide bonds. The van der Waals surface area contributed by atoms with Gasteiger partial charge in [-0.3, -0.25) is 19.2 Å². The van der Waals surface area contributed by atoms with Gasteiger partial charge in [0.15, 0.2) is 0 Å². The second kappa shape index (κ2) is 13.0. The predicted molar refractivity (Wildman–Crippen MR) is 111 cm³/mol. The maximum absolute atomic E-state index is 12.9. The summed E-state index contributed by atoms with van der Waals surface area (Å²) in [5, 5.41) is 25.4. The van der Waals surface area contributed by atoms with Crippen molar-refractivity contribution in [2.45, 2.75) is 57.7 Å². The van der Waals surface area contributed by atoms with Gasteiger partial charge in [0.25, 0.3) is 0 Å². The van der Waals surface area contributed by atoms with E-state index in [0.717, 1.165) is 0 Å². The zero-order valence-electron chi connectivity index (χ0n) is 18.0. The van der Waals surface area contributed by atoms with Gasteiger partial charge in [-0.25, -0.2) is 9.78 Å². The number of amides is 3. The number of hydrogen-bond acceptors (Lipinski definition) is 7. The summed E-state index contributed by atoms with van der Waals surface area (Å²) in [6, 6.07) is -3.61. The van der Waals surface area contributed by atoms with E-state index in [1.165, 1.54) is 12.5 Å². The molecule has 32 heavy (non-hydrogen) atoms. The van der Waals surface area contributed by atoms with Crippen LogP contribution in [0.25, 0.3) is 0 Å². The first-order valence-electron chi connectivity index (χ1n) is 10.1. The SMILES string of the molecule is CCC(C)C(NC(=O)C(Cc1cnc[nH]1)NC(=O)CN)C(=O)NC(CCC(=O)O)C(=O)O. The molecule has 4 atom stereocenters. The van der Waals surface area contributed by atoms with Crippen LogP contribution >= 0.6 is 0 Å². The van der Waals surface area contributed by atoms with Crippen LogP contribution in [0.1, 0.15) is 38.8 Å². The summed E-state index contributed by atoms with van der Waals surface area (Å²) in [6.07, 6.45) is 2.66. The molecule has 0 spiro atoms. The fourth-order valence-electron chi connectivity index (χ4n) is 2.82. The van der Waals surface area contributed by atoms with E-state index in [0.29, 0.717) is 12.1 Å². The van der Waals surface area contributed by atoms with Gasteiger partial charge < -0.3 is 36.9 Å². The van der Waals surface area contributed by atoms with E-state index in [9.17, 15) is 29.1 Å². The maximum Gasteiger partial charge on any atom is 0.326 e. The summed E-state index contributed by atoms with van der Waals surface area (Å²) < 4.78 is 0. The molecular formula is C19H30N6O7. The molecule has 0 aliphatic heterocycles. The number of aromatic nitrogens is 2. The lowest BCUT2D eigenvalue weighted by molar-refractivity contribution is -0.143. The van der Waals surface area contributed by atoms with Gasteiger partial charge in [0, 0.05) is 24.7 Å². The molecule has 0 saturated heterocycles. The van der Waals surface area contributed by atoms with E-state index in [4.69, 9.17) is 10.8 Å². The van der Waals surface area contributed by atoms with E-state index in [-0.39, 0.29) is 25.3 Å². The van der Waals surface area contributed by atoms with Gasteiger partial charge in [-0.1, -0.05) is 20.3 Å². The highest BCUT2D eigenvalue weighted by molar-refractivity contribution is 5.94. The Morgan fingerprint density at radius 2 is 1.78 bits per heavy atom. The quantitative estimate of drug-likeness (QED) is 0.171. The minimum Gasteiger partial charge on any atom is -0.481 e. The third-order valence-corrected chi connectivity index (χ3v) is 4.87. The van der Waals surface area contributed by atoms with Crippen LogP contribution in [0.5, 0.6) is 0 Å². The zero-order valence-corrected chi connectivity index (χ0v) is 18.0. The average molecular weight is 454 g/mol. The summed E-state index contributed by atoms with van der Waals surface area (Å²) in [5.41, 5.74) is 5.88. The molecule has 0 aliphatic rings. The first-order chi connectivity index (χ1) is 15.1. The van der Waals surface area contributed by atoms with Gasteiger partial charge in [-0.15, -0.1) is 0 Å². The van der Waals surface area contributed by atoms with Crippen LogP contribution in [0.15, 0.2) is 12.5 Å². The first-order valence-corrected chi connectivity index (χ1v) is 10.1. The van der Waals surface area contributed by atoms with E-state index >= 15 is 0 Å². The number of carboxylic acids is 2. The third-order valence-electron chi connectivity index (χ3n) is 4.87. The molecule has 0 aromatic carbocycles. The number of rotatable bonds is 14. The second-order valence-corrected chi connectivity index (χ2v) is 7.31. The number of nitrogens with zero attached hydrogens (tertiary/aromatic N) is 1. The Morgan fingerprint density at radius 1 is 1.09 bits per heavy atom. The highest BCUT2D eigenvalue weighted by atomic mass is 16.4. The number of nitrogens with one attached hydrogen (secondary N) is 4. The molecule has 13 nitrogen and oxygen atoms in total. The topological polar surface area (TPSA) is 217 Å². The van der Waals surface area contributed by atoms with E-state index < -0.39 is 54.2 Å². The van der Waals surface area contributed by atoms with E-state index in [1.54, 1.807) is 13.8 Å². The standard InChI is InChI=1S/C19H30N6O7/c1-3-10(2)16(18(30)24-12(19(31)32)4-5-15(27)28)25-17(29)13(23-14(26)7-20)6-11-8-21-9-22-11/h8-10,12-13,16H,3-7,20H2,1-2H3,(H,21,22)(H,23,26)(H,24,30)(H,25,29)(H,27,28)(H,31,32). The summed E-state index contributed by atoms with van der Waals surface area (Å²) in [4.78, 5) is 66.3. The summed E-state index contributed by atoms with van der Waals surface area (Å²) >= 11 is 0. The number of H-pyrrole nitrogens is 1. The molecule has 4 unspecified atom stereocenters. The van der Waals surface area contributed by atoms with Crippen LogP contribution in [-0.2, 0) is 30.4 Å². The summed E-state index contributed by atoms with van der Waals surface area (Å²) in [6.45, 7) is 3.14. The van der Waals surface area contributed by atoms with Crippen molar-refractivity contribution in [3.8, 4) is 0 Å². The van der Waals surface area contributed by atoms with Crippen molar-refractivity contribution in [2.24, 2.45) is 11.7 Å². The molecule has 0 radical (unpaired) electrons. The molecule has 1 heterocycles. The van der Waals surface area contributed by atoms with Crippen LogP contribution in [0, 0.1) is 5.92 Å². The number of aliphatic carboxylic acids is 2. The van der Waals surface area contributed by atoms with Crippen LogP contribution in [0.3, 0.4) is 0 Å². The molecular weight excluding hydrogens is 424 g/mol. The normalized spacial score (nSPS) is 14.5. The lowest BCUT2D eigenvalue weighted by atomic mass is 9.97. The van der Waals surface area contributed by atoms with Crippen molar-refractivity contribution in [3.05, 3.63) is 18.2 Å². The van der Waals surface area contributed by atoms with Crippen molar-refractivity contribution in [1.29, 1.82) is 0 Å². The average Bonchev–Trinajstić information content (AvgIpc) is 3.26. The lowest BCUT2D eigenvalue weighted by Gasteiger charge is -2.27. The number of imidazole rings is 1. The lowest BCUT2D eigenvalue weighted by Crippen LogP contribution is -2.58. The number of aromatic amines is 1. The molecule has 0 fully saturated rings. The third kappa shape index (κ3) is 8.71. The predicted octanol–water partition coefficient (Wildman–Crippen LogP) is -1.64. The Labute approximate surface area is 184 Å². The van der Waals surface area contributed by atoms with E-state index in [1.807, 2.05) is 0 Å². The van der Waals surface area contributed by atoms with Crippen LogP contribution < -0.4 is 21.7 Å². The molecule has 0 saturated carbocycles. The van der Waals surface area contributed by atoms with Crippen molar-refractivity contribution in [1.82, 2.24) is 25.9 Å². The number of hydrogen-bond donors (Lipinski definition) is 7. The van der Waals surface area contributed by atoms with Gasteiger partial charge in [0.1, 0.15) is 18.1 Å². The monoisotopic (exact) mass is 454 g/mol. The molecule has 178 valence electrons. The molecule has 0 aliphatic carbocycles. The molecule has 1 aromatic rings. The molecule has 13 heteroatoms. The summed E-state index contributed by atoms with van der Waals surface area (Å²) in [5.74, 6) is -4.98. The largest absolute Gasteiger partial charge is 0.481 e. The first kappa shape index (κ1) is 26.6. The summed E-state index contributed by atoms with van der Waals surface area (Å²) in [7, 11) is 0. The molecule has 1 aromatic heterocycles. The zero-order chi connectivity index (χ0) is 24.3. The Bertz CT molecular complexity index is 798. The number of carbonyl (C=O) groups excluding carboxylic acids is 3. The number of carboxylic acid groups (broad SMARTS) is 2. The Morgan fingerprint density at radius 3 is 2.28 bits per heavy atom. The van der Waals surface area contributed by atoms with E-state index in [2.05, 4.69) is 25.9 Å². The fraction of sp³-hybridized carbons (Fsp3) is 0.579. The number of nitrogens with two attached hydrogens (primary N) is 1. The van der Waals surface area contributed by atoms with Crippen molar-refractivity contribution < 1.29 is 34.2 Å². The maximum atomic E-state index is 12.9. The van der Waals surface area contributed by atoms with Crippen LogP contribution in [0.4, 0.5) is 0 Å². The number of carbonyl (C=O) groups is 5. The van der Waals surface area contributed by atoms with Gasteiger partial charge in [0.05, 0.1) is 12.9 Å². The van der Waals surface area contributed by atoms with Gasteiger partial charge in [0.2, 0.25) is 17.7 Å². The molecule has 8 N–H and O–H groups in total. The van der Waals surface area contributed by atoms with Gasteiger partial charge >= 0.3 is 11.9 Å². The Kier molecular flexibility index (Phi) is 10.8. The highest BCUT2D eigenvalue weighted by Gasteiger charge is 2.32.